The van der Waals surface area contributed by atoms with Crippen LogP contribution in [0.25, 0.3) is 0 Å². The van der Waals surface area contributed by atoms with E-state index in [0.717, 1.165) is 18.4 Å². The highest BCUT2D eigenvalue weighted by Gasteiger charge is 2.32. The predicted octanol–water partition coefficient (Wildman–Crippen LogP) is 1.61. The molecule has 1 aromatic rings. The van der Waals surface area contributed by atoms with Crippen LogP contribution in [0, 0.1) is 5.92 Å². The number of nitrogens with zero attached hydrogens (tertiary/aromatic N) is 1. The molecule has 0 atom stereocenters. The second kappa shape index (κ2) is 8.61. The van der Waals surface area contributed by atoms with Crippen molar-refractivity contribution in [3.63, 3.8) is 0 Å². The van der Waals surface area contributed by atoms with Crippen LogP contribution in [-0.2, 0) is 19.6 Å². The average Bonchev–Trinajstić information content (AvgIpc) is 3.50. The van der Waals surface area contributed by atoms with Crippen LogP contribution < -0.4 is 10.6 Å². The average molecular weight is 408 g/mol. The number of hydrogen-bond acceptors (Lipinski definition) is 4. The Morgan fingerprint density at radius 2 is 1.68 bits per heavy atom. The zero-order valence-corrected chi connectivity index (χ0v) is 17.3. The molecule has 0 radical (unpaired) electrons. The Bertz CT molecular complexity index is 808. The molecule has 0 bridgehead atoms. The zero-order valence-electron chi connectivity index (χ0n) is 16.5. The van der Waals surface area contributed by atoms with Crippen molar-refractivity contribution in [3.05, 3.63) is 29.8 Å². The van der Waals surface area contributed by atoms with Crippen LogP contribution in [-0.4, -0.2) is 50.2 Å². The summed E-state index contributed by atoms with van der Waals surface area (Å²) in [5.74, 6) is -0.258. The topological polar surface area (TPSA) is 95.6 Å². The molecule has 2 aliphatic rings. The quantitative estimate of drug-likeness (QED) is 0.718. The summed E-state index contributed by atoms with van der Waals surface area (Å²) < 4.78 is 27.1. The summed E-state index contributed by atoms with van der Waals surface area (Å²) in [6, 6.07) is 7.28. The molecule has 1 aliphatic carbocycles. The van der Waals surface area contributed by atoms with Gasteiger partial charge in [0.25, 0.3) is 0 Å². The number of carbonyl (C=O) groups is 2. The maximum Gasteiger partial charge on any atom is 0.243 e. The van der Waals surface area contributed by atoms with Crippen molar-refractivity contribution in [1.82, 2.24) is 14.9 Å². The lowest BCUT2D eigenvalue weighted by Gasteiger charge is -2.30. The fourth-order valence-electron chi connectivity index (χ4n) is 3.35. The number of piperidine rings is 1. The minimum Gasteiger partial charge on any atom is -0.352 e. The van der Waals surface area contributed by atoms with Crippen LogP contribution in [0.1, 0.15) is 51.0 Å². The van der Waals surface area contributed by atoms with E-state index in [1.165, 1.54) is 4.31 Å². The third-order valence-corrected chi connectivity index (χ3v) is 7.29. The number of rotatable bonds is 7. The van der Waals surface area contributed by atoms with Gasteiger partial charge in [-0.05, 0) is 49.3 Å². The summed E-state index contributed by atoms with van der Waals surface area (Å²) in [6.07, 6.45) is 2.93. The van der Waals surface area contributed by atoms with Crippen LogP contribution in [0.15, 0.2) is 29.2 Å². The van der Waals surface area contributed by atoms with Crippen molar-refractivity contribution in [3.8, 4) is 0 Å². The molecule has 1 aromatic carbocycles. The van der Waals surface area contributed by atoms with Crippen LogP contribution in [0.5, 0.6) is 0 Å². The molecule has 0 aromatic heterocycles. The van der Waals surface area contributed by atoms with E-state index in [-0.39, 0.29) is 35.2 Å². The molecular weight excluding hydrogens is 378 g/mol. The standard InChI is InChI=1S/C20H29N3O4S/c1-14(2)15-3-7-18(8-4-15)28(26,27)23-11-9-16(10-12-23)20(25)21-13-19(24)22-17-5-6-17/h3-4,7-8,14,16-17H,5-6,9-13H2,1-2H3,(H,21,25)(H,22,24). The summed E-state index contributed by atoms with van der Waals surface area (Å²) in [4.78, 5) is 24.2. The van der Waals surface area contributed by atoms with Crippen molar-refractivity contribution in [2.24, 2.45) is 5.92 Å². The van der Waals surface area contributed by atoms with Crippen LogP contribution in [0.2, 0.25) is 0 Å². The summed E-state index contributed by atoms with van der Waals surface area (Å²) in [6.45, 7) is 4.72. The first kappa shape index (κ1) is 20.8. The highest BCUT2D eigenvalue weighted by molar-refractivity contribution is 7.89. The number of hydrogen-bond donors (Lipinski definition) is 2. The Hall–Kier alpha value is -1.93. The minimum atomic E-state index is -3.55. The summed E-state index contributed by atoms with van der Waals surface area (Å²) in [5, 5.41) is 5.50. The first-order valence-corrected chi connectivity index (χ1v) is 11.4. The maximum atomic E-state index is 12.8. The van der Waals surface area contributed by atoms with E-state index in [2.05, 4.69) is 24.5 Å². The molecule has 1 saturated heterocycles. The predicted molar refractivity (Wildman–Crippen MR) is 106 cm³/mol. The van der Waals surface area contributed by atoms with Gasteiger partial charge >= 0.3 is 0 Å². The molecule has 0 spiro atoms. The van der Waals surface area contributed by atoms with Gasteiger partial charge in [-0.2, -0.15) is 4.31 Å². The second-order valence-electron chi connectivity index (χ2n) is 7.96. The van der Waals surface area contributed by atoms with Gasteiger partial charge in [0.1, 0.15) is 0 Å². The summed E-state index contributed by atoms with van der Waals surface area (Å²) in [5.41, 5.74) is 1.10. The Balaban J connectivity index is 1.50. The molecule has 1 aliphatic heterocycles. The van der Waals surface area contributed by atoms with Crippen LogP contribution in [0.3, 0.4) is 0 Å². The smallest absolute Gasteiger partial charge is 0.243 e. The molecule has 2 N–H and O–H groups in total. The van der Waals surface area contributed by atoms with E-state index in [9.17, 15) is 18.0 Å². The van der Waals surface area contributed by atoms with Crippen molar-refractivity contribution < 1.29 is 18.0 Å². The molecule has 0 unspecified atom stereocenters. The van der Waals surface area contributed by atoms with Crippen molar-refractivity contribution >= 4 is 21.8 Å². The van der Waals surface area contributed by atoms with Crippen molar-refractivity contribution in [1.29, 1.82) is 0 Å². The van der Waals surface area contributed by atoms with Gasteiger partial charge in [-0.25, -0.2) is 8.42 Å². The third kappa shape index (κ3) is 5.11. The molecule has 28 heavy (non-hydrogen) atoms. The first-order chi connectivity index (χ1) is 13.3. The molecule has 2 fully saturated rings. The normalized spacial score (nSPS) is 18.8. The van der Waals surface area contributed by atoms with Crippen molar-refractivity contribution in [2.45, 2.75) is 56.4 Å². The number of nitrogens with one attached hydrogen (secondary N) is 2. The molecule has 1 saturated carbocycles. The second-order valence-corrected chi connectivity index (χ2v) is 9.90. The molecular formula is C20H29N3O4S. The summed E-state index contributed by atoms with van der Waals surface area (Å²) in [7, 11) is -3.55. The van der Waals surface area contributed by atoms with E-state index in [1.807, 2.05) is 12.1 Å². The molecule has 7 nitrogen and oxygen atoms in total. The van der Waals surface area contributed by atoms with Gasteiger partial charge in [0.15, 0.2) is 0 Å². The first-order valence-electron chi connectivity index (χ1n) is 9.94. The lowest BCUT2D eigenvalue weighted by atomic mass is 9.97. The van der Waals surface area contributed by atoms with E-state index in [0.29, 0.717) is 31.8 Å². The third-order valence-electron chi connectivity index (χ3n) is 5.37. The van der Waals surface area contributed by atoms with Gasteiger partial charge in [-0.3, -0.25) is 9.59 Å². The van der Waals surface area contributed by atoms with Crippen LogP contribution >= 0.6 is 0 Å². The maximum absolute atomic E-state index is 12.8. The van der Waals surface area contributed by atoms with Gasteiger partial charge in [-0.15, -0.1) is 0 Å². The van der Waals surface area contributed by atoms with Gasteiger partial charge in [0.2, 0.25) is 21.8 Å². The fraction of sp³-hybridized carbons (Fsp3) is 0.600. The number of amides is 2. The lowest BCUT2D eigenvalue weighted by Crippen LogP contribution is -2.45. The minimum absolute atomic E-state index is 0.0178. The van der Waals surface area contributed by atoms with Crippen LogP contribution in [0.4, 0.5) is 0 Å². The summed E-state index contributed by atoms with van der Waals surface area (Å²) >= 11 is 0. The molecule has 3 rings (SSSR count). The lowest BCUT2D eigenvalue weighted by molar-refractivity contribution is -0.129. The van der Waals surface area contributed by atoms with Crippen molar-refractivity contribution in [2.75, 3.05) is 19.6 Å². The monoisotopic (exact) mass is 407 g/mol. The van der Waals surface area contributed by atoms with Gasteiger partial charge < -0.3 is 10.6 Å². The molecule has 2 amide bonds. The van der Waals surface area contributed by atoms with Gasteiger partial charge in [0.05, 0.1) is 11.4 Å². The van der Waals surface area contributed by atoms with Gasteiger partial charge in [-0.1, -0.05) is 26.0 Å². The van der Waals surface area contributed by atoms with E-state index in [1.54, 1.807) is 12.1 Å². The Kier molecular flexibility index (Phi) is 6.40. The molecule has 154 valence electrons. The fourth-order valence-corrected chi connectivity index (χ4v) is 4.82. The van der Waals surface area contributed by atoms with E-state index in [4.69, 9.17) is 0 Å². The highest BCUT2D eigenvalue weighted by Crippen LogP contribution is 2.25. The zero-order chi connectivity index (χ0) is 20.3. The Morgan fingerprint density at radius 3 is 2.21 bits per heavy atom. The Labute approximate surface area is 166 Å². The van der Waals surface area contributed by atoms with E-state index < -0.39 is 10.0 Å². The number of benzene rings is 1. The Morgan fingerprint density at radius 1 is 1.07 bits per heavy atom. The highest BCUT2D eigenvalue weighted by atomic mass is 32.2. The molecule has 8 heteroatoms. The van der Waals surface area contributed by atoms with E-state index >= 15 is 0 Å². The van der Waals surface area contributed by atoms with Gasteiger partial charge in [0, 0.05) is 25.0 Å². The number of sulfonamides is 1. The molecule has 1 heterocycles. The largest absolute Gasteiger partial charge is 0.352 e. The SMILES string of the molecule is CC(C)c1ccc(S(=O)(=O)N2CCC(C(=O)NCC(=O)NC3CC3)CC2)cc1. The number of carbonyl (C=O) groups excluding carboxylic acids is 2.